The molecule has 7 aromatic rings. The average molecular weight is 693 g/mol. The molecule has 256 valence electrons. The zero-order valence-corrected chi connectivity index (χ0v) is 29.5. The summed E-state index contributed by atoms with van der Waals surface area (Å²) in [7, 11) is 0. The van der Waals surface area contributed by atoms with E-state index in [2.05, 4.69) is 181 Å². The van der Waals surface area contributed by atoms with Gasteiger partial charge in [-0.25, -0.2) is 9.98 Å². The molecule has 7 aromatic carbocycles. The van der Waals surface area contributed by atoms with Crippen molar-refractivity contribution in [3.8, 4) is 22.3 Å². The second-order valence-corrected chi connectivity index (χ2v) is 13.9. The molecule has 0 saturated heterocycles. The summed E-state index contributed by atoms with van der Waals surface area (Å²) in [5, 5.41) is 12.4. The molecule has 3 aliphatic rings. The lowest BCUT2D eigenvalue weighted by molar-refractivity contribution is 0.674. The Kier molecular flexibility index (Phi) is 7.92. The zero-order chi connectivity index (χ0) is 35.8. The molecule has 0 fully saturated rings. The van der Waals surface area contributed by atoms with Crippen molar-refractivity contribution in [1.29, 1.82) is 0 Å². The molecule has 4 heteroatoms. The minimum Gasteiger partial charge on any atom is -0.374 e. The van der Waals surface area contributed by atoms with Gasteiger partial charge in [-0.1, -0.05) is 176 Å². The van der Waals surface area contributed by atoms with Gasteiger partial charge in [0.05, 0.1) is 11.7 Å². The first-order valence-corrected chi connectivity index (χ1v) is 18.5. The fraction of sp³-hybridized carbons (Fsp3) is 0.0400. The maximum atomic E-state index is 5.25. The average Bonchev–Trinajstić information content (AvgIpc) is 3.26. The molecular formula is C50H36N4. The van der Waals surface area contributed by atoms with Gasteiger partial charge in [0.15, 0.2) is 5.84 Å². The van der Waals surface area contributed by atoms with E-state index in [9.17, 15) is 0 Å². The quantitative estimate of drug-likeness (QED) is 0.183. The van der Waals surface area contributed by atoms with Crippen LogP contribution in [0.2, 0.25) is 0 Å². The minimum absolute atomic E-state index is 0.145. The molecule has 0 bridgehead atoms. The van der Waals surface area contributed by atoms with Gasteiger partial charge in [0.2, 0.25) is 0 Å². The van der Waals surface area contributed by atoms with Gasteiger partial charge in [0.25, 0.3) is 0 Å². The van der Waals surface area contributed by atoms with Crippen molar-refractivity contribution in [1.82, 2.24) is 10.6 Å². The number of hydrogen-bond acceptors (Lipinski definition) is 4. The molecular weight excluding hydrogens is 657 g/mol. The molecule has 2 aliphatic heterocycles. The first-order valence-electron chi connectivity index (χ1n) is 18.5. The second-order valence-electron chi connectivity index (χ2n) is 13.9. The van der Waals surface area contributed by atoms with Crippen molar-refractivity contribution < 1.29 is 0 Å². The highest BCUT2D eigenvalue weighted by Crippen LogP contribution is 2.35. The lowest BCUT2D eigenvalue weighted by Gasteiger charge is -2.26. The van der Waals surface area contributed by atoms with Crippen molar-refractivity contribution >= 4 is 33.7 Å². The van der Waals surface area contributed by atoms with Gasteiger partial charge in [-0.05, 0) is 73.1 Å². The van der Waals surface area contributed by atoms with E-state index in [1.807, 2.05) is 24.3 Å². The summed E-state index contributed by atoms with van der Waals surface area (Å²) in [6.07, 6.45) is 8.41. The van der Waals surface area contributed by atoms with Crippen molar-refractivity contribution in [3.05, 3.63) is 227 Å². The number of nitrogens with zero attached hydrogens (tertiary/aromatic N) is 2. The van der Waals surface area contributed by atoms with Crippen LogP contribution in [-0.2, 0) is 0 Å². The fourth-order valence-electron chi connectivity index (χ4n) is 7.86. The van der Waals surface area contributed by atoms with Gasteiger partial charge in [-0.2, -0.15) is 0 Å². The van der Waals surface area contributed by atoms with E-state index in [4.69, 9.17) is 9.98 Å². The third kappa shape index (κ3) is 5.84. The van der Waals surface area contributed by atoms with Gasteiger partial charge in [-0.3, -0.25) is 0 Å². The minimum atomic E-state index is -0.284. The topological polar surface area (TPSA) is 48.8 Å². The number of fused-ring (bicyclic) bond motifs is 3. The zero-order valence-electron chi connectivity index (χ0n) is 29.5. The summed E-state index contributed by atoms with van der Waals surface area (Å²) < 4.78 is 0. The smallest absolute Gasteiger partial charge is 0.159 e. The number of rotatable bonds is 6. The number of benzene rings is 7. The molecule has 1 aliphatic carbocycles. The Morgan fingerprint density at radius 2 is 1.17 bits per heavy atom. The van der Waals surface area contributed by atoms with Gasteiger partial charge in [-0.15, -0.1) is 0 Å². The van der Waals surface area contributed by atoms with Crippen LogP contribution in [0.3, 0.4) is 0 Å². The maximum absolute atomic E-state index is 5.25. The number of hydrogen-bond donors (Lipinski definition) is 2. The summed E-state index contributed by atoms with van der Waals surface area (Å²) in [5.74, 6) is 1.50. The number of amidine groups is 2. The number of aliphatic imine (C=N–C) groups is 2. The molecule has 0 saturated carbocycles. The van der Waals surface area contributed by atoms with Crippen molar-refractivity contribution in [2.24, 2.45) is 9.98 Å². The number of allylic oxidation sites excluding steroid dienone is 2. The Labute approximate surface area is 314 Å². The second kappa shape index (κ2) is 13.5. The standard InChI is InChI=1S/C50H36N4/c1-3-15-36(16-4-1)48-52-49(37-17-5-2-6-18-37)54-50(53-48)40-31-38(30-39(32-40)42-24-13-19-34-14-7-8-20-41(34)42)33-26-28-35(29-27-33)47-45-23-10-9-21-43(45)44-22-11-12-25-46(44)51-47/h1-32,46,48,51H,(H,52,53,54). The van der Waals surface area contributed by atoms with E-state index in [0.717, 1.165) is 50.5 Å². The van der Waals surface area contributed by atoms with E-state index in [1.165, 1.54) is 32.3 Å². The predicted molar refractivity (Wildman–Crippen MR) is 223 cm³/mol. The monoisotopic (exact) mass is 692 g/mol. The van der Waals surface area contributed by atoms with Crippen LogP contribution in [0.4, 0.5) is 0 Å². The normalized spacial score (nSPS) is 17.2. The Morgan fingerprint density at radius 3 is 2.02 bits per heavy atom. The predicted octanol–water partition coefficient (Wildman–Crippen LogP) is 9.07. The van der Waals surface area contributed by atoms with E-state index >= 15 is 0 Å². The number of nitrogens with one attached hydrogen (secondary N) is 2. The summed E-state index contributed by atoms with van der Waals surface area (Å²) in [6, 6.07) is 60.4. The van der Waals surface area contributed by atoms with Crippen molar-refractivity contribution in [2.75, 3.05) is 0 Å². The third-order valence-corrected chi connectivity index (χ3v) is 10.5. The summed E-state index contributed by atoms with van der Waals surface area (Å²) in [5.41, 5.74) is 11.2. The van der Waals surface area contributed by atoms with E-state index in [0.29, 0.717) is 5.84 Å². The lowest BCUT2D eigenvalue weighted by atomic mass is 9.91. The highest BCUT2D eigenvalue weighted by molar-refractivity contribution is 6.14. The molecule has 0 spiro atoms. The summed E-state index contributed by atoms with van der Waals surface area (Å²) in [4.78, 5) is 10.4. The van der Waals surface area contributed by atoms with Crippen LogP contribution in [0.1, 0.15) is 28.4 Å². The Hall–Kier alpha value is -7.04. The van der Waals surface area contributed by atoms with E-state index in [-0.39, 0.29) is 12.2 Å². The van der Waals surface area contributed by atoms with Gasteiger partial charge < -0.3 is 10.6 Å². The molecule has 4 nitrogen and oxygen atoms in total. The van der Waals surface area contributed by atoms with Crippen LogP contribution >= 0.6 is 0 Å². The van der Waals surface area contributed by atoms with Crippen LogP contribution in [0.5, 0.6) is 0 Å². The van der Waals surface area contributed by atoms with Crippen LogP contribution in [0.15, 0.2) is 204 Å². The van der Waals surface area contributed by atoms with E-state index in [1.54, 1.807) is 0 Å². The molecule has 0 amide bonds. The molecule has 54 heavy (non-hydrogen) atoms. The Balaban J connectivity index is 1.13. The summed E-state index contributed by atoms with van der Waals surface area (Å²) in [6.45, 7) is 0. The molecule has 10 rings (SSSR count). The first kappa shape index (κ1) is 31.7. The van der Waals surface area contributed by atoms with Crippen molar-refractivity contribution in [3.63, 3.8) is 0 Å². The molecule has 0 radical (unpaired) electrons. The maximum Gasteiger partial charge on any atom is 0.159 e. The lowest BCUT2D eigenvalue weighted by Crippen LogP contribution is -2.45. The van der Waals surface area contributed by atoms with Crippen LogP contribution in [-0.4, -0.2) is 17.7 Å². The molecule has 2 N–H and O–H groups in total. The SMILES string of the molecule is C1=CC2=c3ccccc3=C(c3ccc(-c4cc(C5=NC(c6ccccc6)NC(c6ccccc6)=N5)cc(-c5cccc6ccccc56)c4)cc3)NC2C=C1. The van der Waals surface area contributed by atoms with Gasteiger partial charge in [0.1, 0.15) is 12.0 Å². The van der Waals surface area contributed by atoms with E-state index < -0.39 is 0 Å². The van der Waals surface area contributed by atoms with Crippen LogP contribution in [0, 0.1) is 0 Å². The molecule has 2 atom stereocenters. The Morgan fingerprint density at radius 1 is 0.481 bits per heavy atom. The fourth-order valence-corrected chi connectivity index (χ4v) is 7.86. The summed E-state index contributed by atoms with van der Waals surface area (Å²) >= 11 is 0. The van der Waals surface area contributed by atoms with Crippen LogP contribution in [0.25, 0.3) is 44.3 Å². The molecule has 2 heterocycles. The molecule has 2 unspecified atom stereocenters. The first-order chi connectivity index (χ1) is 26.7. The third-order valence-electron chi connectivity index (χ3n) is 10.5. The van der Waals surface area contributed by atoms with Gasteiger partial charge in [0, 0.05) is 16.3 Å². The van der Waals surface area contributed by atoms with Crippen LogP contribution < -0.4 is 21.1 Å². The van der Waals surface area contributed by atoms with Crippen molar-refractivity contribution in [2.45, 2.75) is 12.2 Å². The highest BCUT2D eigenvalue weighted by atomic mass is 15.2. The molecule has 0 aromatic heterocycles. The Bertz CT molecular complexity index is 2810. The largest absolute Gasteiger partial charge is 0.374 e. The van der Waals surface area contributed by atoms with Gasteiger partial charge >= 0.3 is 0 Å². The highest BCUT2D eigenvalue weighted by Gasteiger charge is 2.23.